The molecule has 1 heterocycles. The number of amides is 1. The number of hydrogen-bond acceptors (Lipinski definition) is 5. The molecule has 0 unspecified atom stereocenters. The second-order valence-corrected chi connectivity index (χ2v) is 6.38. The number of nitrogens with zero attached hydrogens (tertiary/aromatic N) is 1. The SMILES string of the molecule is COc1ccc2ccccc2c1C(=O)N/C(=C/N)C(=N)c1nc2ccccc2[nH]1. The van der Waals surface area contributed by atoms with Gasteiger partial charge in [-0.15, -0.1) is 0 Å². The summed E-state index contributed by atoms with van der Waals surface area (Å²) < 4.78 is 5.39. The van der Waals surface area contributed by atoms with Gasteiger partial charge in [0, 0.05) is 6.20 Å². The van der Waals surface area contributed by atoms with E-state index in [1.807, 2.05) is 54.6 Å². The number of H-pyrrole nitrogens is 1. The van der Waals surface area contributed by atoms with Crippen molar-refractivity contribution in [2.24, 2.45) is 5.73 Å². The monoisotopic (exact) mass is 385 g/mol. The number of benzene rings is 3. The van der Waals surface area contributed by atoms with E-state index in [0.717, 1.165) is 21.8 Å². The zero-order chi connectivity index (χ0) is 20.4. The molecule has 0 atom stereocenters. The van der Waals surface area contributed by atoms with Gasteiger partial charge in [0.15, 0.2) is 5.82 Å². The number of para-hydroxylation sites is 2. The highest BCUT2D eigenvalue weighted by atomic mass is 16.5. The van der Waals surface area contributed by atoms with E-state index in [0.29, 0.717) is 17.1 Å². The van der Waals surface area contributed by atoms with Crippen molar-refractivity contribution in [3.8, 4) is 5.75 Å². The molecule has 3 aromatic carbocycles. The number of aromatic nitrogens is 2. The van der Waals surface area contributed by atoms with E-state index in [1.54, 1.807) is 6.07 Å². The van der Waals surface area contributed by atoms with Gasteiger partial charge >= 0.3 is 0 Å². The number of aromatic amines is 1. The Bertz CT molecular complexity index is 1240. The number of fused-ring (bicyclic) bond motifs is 2. The van der Waals surface area contributed by atoms with E-state index < -0.39 is 5.91 Å². The predicted molar refractivity (Wildman–Crippen MR) is 113 cm³/mol. The van der Waals surface area contributed by atoms with E-state index >= 15 is 0 Å². The van der Waals surface area contributed by atoms with Crippen molar-refractivity contribution in [2.45, 2.75) is 0 Å². The highest BCUT2D eigenvalue weighted by Crippen LogP contribution is 2.28. The summed E-state index contributed by atoms with van der Waals surface area (Å²) in [6.45, 7) is 0. The van der Waals surface area contributed by atoms with Crippen molar-refractivity contribution in [3.63, 3.8) is 0 Å². The normalized spacial score (nSPS) is 11.6. The molecule has 0 aliphatic heterocycles. The first kappa shape index (κ1) is 18.2. The van der Waals surface area contributed by atoms with Crippen LogP contribution < -0.4 is 15.8 Å². The summed E-state index contributed by atoms with van der Waals surface area (Å²) in [5, 5.41) is 12.8. The van der Waals surface area contributed by atoms with E-state index in [4.69, 9.17) is 15.9 Å². The Morgan fingerprint density at radius 3 is 2.66 bits per heavy atom. The number of ether oxygens (including phenoxy) is 1. The number of carbonyl (C=O) groups is 1. The van der Waals surface area contributed by atoms with Crippen molar-refractivity contribution < 1.29 is 9.53 Å². The quantitative estimate of drug-likeness (QED) is 0.394. The maximum atomic E-state index is 13.1. The van der Waals surface area contributed by atoms with Crippen molar-refractivity contribution in [3.05, 3.63) is 83.9 Å². The van der Waals surface area contributed by atoms with Gasteiger partial charge in [-0.3, -0.25) is 10.2 Å². The van der Waals surface area contributed by atoms with Crippen LogP contribution in [-0.2, 0) is 0 Å². The average molecular weight is 385 g/mol. The number of nitrogens with one attached hydrogen (secondary N) is 3. The van der Waals surface area contributed by atoms with Crippen LogP contribution in [0.3, 0.4) is 0 Å². The molecule has 0 radical (unpaired) electrons. The van der Waals surface area contributed by atoms with Gasteiger partial charge in [0.05, 0.1) is 29.4 Å². The van der Waals surface area contributed by atoms with Gasteiger partial charge < -0.3 is 20.8 Å². The molecule has 0 bridgehead atoms. The molecule has 0 saturated carbocycles. The number of nitrogens with two attached hydrogens (primary N) is 1. The highest BCUT2D eigenvalue weighted by molar-refractivity contribution is 6.15. The van der Waals surface area contributed by atoms with Gasteiger partial charge in [-0.25, -0.2) is 4.98 Å². The lowest BCUT2D eigenvalue weighted by Gasteiger charge is -2.14. The Morgan fingerprint density at radius 2 is 1.90 bits per heavy atom. The van der Waals surface area contributed by atoms with Gasteiger partial charge in [-0.1, -0.05) is 42.5 Å². The molecule has 4 rings (SSSR count). The fourth-order valence-electron chi connectivity index (χ4n) is 3.23. The minimum absolute atomic E-state index is 0.0174. The zero-order valence-corrected chi connectivity index (χ0v) is 15.7. The first-order valence-corrected chi connectivity index (χ1v) is 8.95. The van der Waals surface area contributed by atoms with Crippen molar-refractivity contribution in [1.82, 2.24) is 15.3 Å². The van der Waals surface area contributed by atoms with Crippen LogP contribution >= 0.6 is 0 Å². The number of hydrogen-bond donors (Lipinski definition) is 4. The Balaban J connectivity index is 1.68. The Kier molecular flexibility index (Phi) is 4.70. The van der Waals surface area contributed by atoms with Crippen LogP contribution in [0.4, 0.5) is 0 Å². The van der Waals surface area contributed by atoms with Gasteiger partial charge in [0.25, 0.3) is 5.91 Å². The lowest BCUT2D eigenvalue weighted by atomic mass is 10.0. The third-order valence-electron chi connectivity index (χ3n) is 4.65. The summed E-state index contributed by atoms with van der Waals surface area (Å²) in [6.07, 6.45) is 1.19. The van der Waals surface area contributed by atoms with Crippen LogP contribution in [0.25, 0.3) is 21.8 Å². The molecule has 7 heteroatoms. The van der Waals surface area contributed by atoms with Crippen molar-refractivity contribution in [2.75, 3.05) is 7.11 Å². The maximum Gasteiger partial charge on any atom is 0.260 e. The van der Waals surface area contributed by atoms with E-state index in [-0.39, 0.29) is 11.4 Å². The van der Waals surface area contributed by atoms with Crippen LogP contribution in [0, 0.1) is 5.41 Å². The summed E-state index contributed by atoms with van der Waals surface area (Å²) in [6, 6.07) is 18.6. The van der Waals surface area contributed by atoms with Crippen LogP contribution in [-0.4, -0.2) is 28.7 Å². The minimum atomic E-state index is -0.420. The van der Waals surface area contributed by atoms with Crippen molar-refractivity contribution in [1.29, 1.82) is 5.41 Å². The molecule has 0 fully saturated rings. The number of methoxy groups -OCH3 is 1. The Morgan fingerprint density at radius 1 is 1.14 bits per heavy atom. The highest BCUT2D eigenvalue weighted by Gasteiger charge is 2.20. The number of imidazole rings is 1. The molecule has 1 aromatic heterocycles. The lowest BCUT2D eigenvalue weighted by Crippen LogP contribution is -2.29. The van der Waals surface area contributed by atoms with Gasteiger partial charge in [-0.05, 0) is 29.0 Å². The van der Waals surface area contributed by atoms with Gasteiger partial charge in [0.2, 0.25) is 0 Å². The molecule has 0 aliphatic rings. The van der Waals surface area contributed by atoms with E-state index in [9.17, 15) is 4.79 Å². The second kappa shape index (κ2) is 7.47. The summed E-state index contributed by atoms with van der Waals surface area (Å²) in [7, 11) is 1.51. The average Bonchev–Trinajstić information content (AvgIpc) is 3.20. The predicted octanol–water partition coefficient (Wildman–Crippen LogP) is 3.32. The smallest absolute Gasteiger partial charge is 0.260 e. The topological polar surface area (TPSA) is 117 Å². The summed E-state index contributed by atoms with van der Waals surface area (Å²) >= 11 is 0. The largest absolute Gasteiger partial charge is 0.496 e. The zero-order valence-electron chi connectivity index (χ0n) is 15.7. The summed E-state index contributed by atoms with van der Waals surface area (Å²) in [5.74, 6) is 0.331. The van der Waals surface area contributed by atoms with Crippen LogP contribution in [0.2, 0.25) is 0 Å². The van der Waals surface area contributed by atoms with E-state index in [1.165, 1.54) is 13.3 Å². The van der Waals surface area contributed by atoms with Gasteiger partial charge in [-0.2, -0.15) is 0 Å². The van der Waals surface area contributed by atoms with Crippen LogP contribution in [0.5, 0.6) is 5.75 Å². The summed E-state index contributed by atoms with van der Waals surface area (Å²) in [4.78, 5) is 20.6. The van der Waals surface area contributed by atoms with Crippen LogP contribution in [0.1, 0.15) is 16.2 Å². The third kappa shape index (κ3) is 3.29. The molecular formula is C22H19N5O2. The maximum absolute atomic E-state index is 13.1. The summed E-state index contributed by atoms with van der Waals surface area (Å²) in [5.41, 5.74) is 7.75. The minimum Gasteiger partial charge on any atom is -0.496 e. The standard InChI is InChI=1S/C22H19N5O2/c1-29-18-11-10-13-6-2-3-7-14(13)19(18)22(28)27-17(12-23)20(24)21-25-15-8-4-5-9-16(15)26-21/h2-12,24H,23H2,1H3,(H,25,26)(H,27,28)/b17-12+,24-20?. The molecule has 144 valence electrons. The molecule has 5 N–H and O–H groups in total. The molecule has 4 aromatic rings. The number of rotatable bonds is 5. The van der Waals surface area contributed by atoms with Crippen molar-refractivity contribution >= 4 is 33.4 Å². The van der Waals surface area contributed by atoms with Gasteiger partial charge in [0.1, 0.15) is 11.5 Å². The molecule has 7 nitrogen and oxygen atoms in total. The lowest BCUT2D eigenvalue weighted by molar-refractivity contribution is 0.0966. The second-order valence-electron chi connectivity index (χ2n) is 6.38. The molecule has 0 aliphatic carbocycles. The molecule has 1 amide bonds. The molecular weight excluding hydrogens is 366 g/mol. The Hall–Kier alpha value is -4.13. The number of allylic oxidation sites excluding steroid dienone is 1. The molecule has 29 heavy (non-hydrogen) atoms. The fourth-order valence-corrected chi connectivity index (χ4v) is 3.23. The first-order chi connectivity index (χ1) is 14.1. The third-order valence-corrected chi connectivity index (χ3v) is 4.65. The fraction of sp³-hybridized carbons (Fsp3) is 0.0455. The van der Waals surface area contributed by atoms with Crippen LogP contribution in [0.15, 0.2) is 72.6 Å². The molecule has 0 spiro atoms. The Labute approximate surface area is 166 Å². The first-order valence-electron chi connectivity index (χ1n) is 8.95. The van der Waals surface area contributed by atoms with E-state index in [2.05, 4.69) is 15.3 Å². The molecule has 0 saturated heterocycles. The number of carbonyl (C=O) groups excluding carboxylic acids is 1.